The summed E-state index contributed by atoms with van der Waals surface area (Å²) in [5.41, 5.74) is 4.92. The predicted molar refractivity (Wildman–Crippen MR) is 110 cm³/mol. The van der Waals surface area contributed by atoms with Crippen molar-refractivity contribution in [2.24, 2.45) is 5.92 Å². The maximum Gasteiger partial charge on any atom is 0.119 e. The summed E-state index contributed by atoms with van der Waals surface area (Å²) in [4.78, 5) is 0. The molecule has 0 aromatic heterocycles. The molecule has 1 atom stereocenters. The first-order chi connectivity index (χ1) is 12.8. The minimum Gasteiger partial charge on any atom is -0.494 e. The number of benzene rings is 2. The summed E-state index contributed by atoms with van der Waals surface area (Å²) in [7, 11) is 0. The zero-order valence-electron chi connectivity index (χ0n) is 15.9. The van der Waals surface area contributed by atoms with Gasteiger partial charge >= 0.3 is 0 Å². The van der Waals surface area contributed by atoms with Crippen LogP contribution in [-0.4, -0.2) is 6.61 Å². The molecule has 0 spiro atoms. The van der Waals surface area contributed by atoms with E-state index in [9.17, 15) is 0 Å². The highest BCUT2D eigenvalue weighted by molar-refractivity contribution is 5.67. The minimum absolute atomic E-state index is 0.688. The van der Waals surface area contributed by atoms with E-state index in [1.54, 1.807) is 0 Å². The summed E-state index contributed by atoms with van der Waals surface area (Å²) in [6.07, 6.45) is 8.90. The first-order valence-corrected chi connectivity index (χ1v) is 9.82. The van der Waals surface area contributed by atoms with E-state index >= 15 is 0 Å². The normalized spacial score (nSPS) is 16.4. The van der Waals surface area contributed by atoms with Gasteiger partial charge in [-0.1, -0.05) is 49.8 Å². The average Bonchev–Trinajstić information content (AvgIpc) is 2.69. The SMILES string of the molecule is CCCC1CC=C(c2ccc(C#Cc3ccc(OCC)cc3)cc2)CC1. The maximum absolute atomic E-state index is 5.46. The van der Waals surface area contributed by atoms with Gasteiger partial charge in [0, 0.05) is 11.1 Å². The monoisotopic (exact) mass is 344 g/mol. The molecule has 0 saturated heterocycles. The highest BCUT2D eigenvalue weighted by Crippen LogP contribution is 2.32. The van der Waals surface area contributed by atoms with Crippen molar-refractivity contribution in [2.75, 3.05) is 6.61 Å². The van der Waals surface area contributed by atoms with Crippen LogP contribution in [0.5, 0.6) is 5.75 Å². The molecule has 0 bridgehead atoms. The molecule has 1 nitrogen and oxygen atoms in total. The van der Waals surface area contributed by atoms with Gasteiger partial charge in [-0.15, -0.1) is 0 Å². The van der Waals surface area contributed by atoms with Crippen LogP contribution in [0.25, 0.3) is 5.57 Å². The first kappa shape index (κ1) is 18.3. The van der Waals surface area contributed by atoms with Gasteiger partial charge in [0.05, 0.1) is 6.61 Å². The summed E-state index contributed by atoms with van der Waals surface area (Å²) < 4.78 is 5.46. The van der Waals surface area contributed by atoms with Crippen molar-refractivity contribution in [3.05, 3.63) is 71.3 Å². The highest BCUT2D eigenvalue weighted by Gasteiger charge is 2.14. The quantitative estimate of drug-likeness (QED) is 0.565. The standard InChI is InChI=1S/C25H28O/c1-3-5-20-8-14-23(15-9-20)24-16-10-21(11-17-24)6-7-22-12-18-25(19-13-22)26-4-2/h10-14,16-20H,3-5,8-9,15H2,1-2H3. The fourth-order valence-corrected chi connectivity index (χ4v) is 3.53. The Morgan fingerprint density at radius 1 is 0.923 bits per heavy atom. The van der Waals surface area contributed by atoms with Crippen LogP contribution in [0, 0.1) is 17.8 Å². The van der Waals surface area contributed by atoms with Gasteiger partial charge in [-0.05, 0) is 79.6 Å². The fourth-order valence-electron chi connectivity index (χ4n) is 3.53. The van der Waals surface area contributed by atoms with Gasteiger partial charge in [0.2, 0.25) is 0 Å². The number of allylic oxidation sites excluding steroid dienone is 2. The molecule has 26 heavy (non-hydrogen) atoms. The molecule has 0 fully saturated rings. The van der Waals surface area contributed by atoms with Crippen LogP contribution in [0.3, 0.4) is 0 Å². The van der Waals surface area contributed by atoms with Crippen LogP contribution in [0.2, 0.25) is 0 Å². The first-order valence-electron chi connectivity index (χ1n) is 9.82. The van der Waals surface area contributed by atoms with E-state index in [-0.39, 0.29) is 0 Å². The van der Waals surface area contributed by atoms with E-state index in [2.05, 4.69) is 49.1 Å². The minimum atomic E-state index is 0.688. The summed E-state index contributed by atoms with van der Waals surface area (Å²) in [5.74, 6) is 8.27. The molecular formula is C25H28O. The third-order valence-corrected chi connectivity index (χ3v) is 4.99. The van der Waals surface area contributed by atoms with Crippen molar-refractivity contribution >= 4 is 5.57 Å². The summed E-state index contributed by atoms with van der Waals surface area (Å²) in [6.45, 7) is 4.96. The van der Waals surface area contributed by atoms with Gasteiger partial charge in [0.15, 0.2) is 0 Å². The van der Waals surface area contributed by atoms with E-state index in [1.807, 2.05) is 31.2 Å². The van der Waals surface area contributed by atoms with Gasteiger partial charge in [-0.2, -0.15) is 0 Å². The summed E-state index contributed by atoms with van der Waals surface area (Å²) in [6, 6.07) is 16.7. The van der Waals surface area contributed by atoms with Crippen LogP contribution in [0.15, 0.2) is 54.6 Å². The number of ether oxygens (including phenoxy) is 1. The molecule has 3 rings (SSSR count). The van der Waals surface area contributed by atoms with E-state index in [0.717, 1.165) is 22.8 Å². The Kier molecular flexibility index (Phi) is 6.56. The maximum atomic E-state index is 5.46. The molecule has 2 aromatic carbocycles. The lowest BCUT2D eigenvalue weighted by atomic mass is 9.84. The molecule has 1 aliphatic carbocycles. The molecule has 0 aliphatic heterocycles. The molecule has 0 N–H and O–H groups in total. The van der Waals surface area contributed by atoms with Gasteiger partial charge in [-0.25, -0.2) is 0 Å². The molecule has 1 heteroatoms. The van der Waals surface area contributed by atoms with E-state index in [4.69, 9.17) is 4.74 Å². The van der Waals surface area contributed by atoms with Gasteiger partial charge in [0.1, 0.15) is 5.75 Å². The van der Waals surface area contributed by atoms with Gasteiger partial charge < -0.3 is 4.74 Å². The van der Waals surface area contributed by atoms with Crippen LogP contribution in [0.1, 0.15) is 62.6 Å². The Bertz CT molecular complexity index is 785. The van der Waals surface area contributed by atoms with Crippen molar-refractivity contribution in [1.82, 2.24) is 0 Å². The molecule has 1 unspecified atom stereocenters. The molecule has 1 aliphatic rings. The fraction of sp³-hybridized carbons (Fsp3) is 0.360. The number of rotatable bonds is 5. The second-order valence-corrected chi connectivity index (χ2v) is 6.94. The van der Waals surface area contributed by atoms with Crippen LogP contribution in [0.4, 0.5) is 0 Å². The lowest BCUT2D eigenvalue weighted by Gasteiger charge is -2.21. The second kappa shape index (κ2) is 9.30. The van der Waals surface area contributed by atoms with Crippen LogP contribution in [-0.2, 0) is 0 Å². The molecule has 0 heterocycles. The molecular weight excluding hydrogens is 316 g/mol. The summed E-state index contributed by atoms with van der Waals surface area (Å²) in [5, 5.41) is 0. The third kappa shape index (κ3) is 5.02. The van der Waals surface area contributed by atoms with E-state index in [0.29, 0.717) is 6.61 Å². The predicted octanol–water partition coefficient (Wildman–Crippen LogP) is 6.47. The Balaban J connectivity index is 1.63. The Morgan fingerprint density at radius 2 is 1.58 bits per heavy atom. The number of hydrogen-bond donors (Lipinski definition) is 0. The van der Waals surface area contributed by atoms with Crippen LogP contribution < -0.4 is 4.74 Å². The Labute approximate surface area is 158 Å². The van der Waals surface area contributed by atoms with Crippen molar-refractivity contribution in [1.29, 1.82) is 0 Å². The molecule has 134 valence electrons. The third-order valence-electron chi connectivity index (χ3n) is 4.99. The lowest BCUT2D eigenvalue weighted by Crippen LogP contribution is -2.04. The van der Waals surface area contributed by atoms with Crippen molar-refractivity contribution in [3.8, 4) is 17.6 Å². The second-order valence-electron chi connectivity index (χ2n) is 6.94. The van der Waals surface area contributed by atoms with E-state index in [1.165, 1.54) is 43.2 Å². The average molecular weight is 344 g/mol. The van der Waals surface area contributed by atoms with Crippen molar-refractivity contribution < 1.29 is 4.74 Å². The number of hydrogen-bond acceptors (Lipinski definition) is 1. The summed E-state index contributed by atoms with van der Waals surface area (Å²) >= 11 is 0. The molecule has 0 amide bonds. The largest absolute Gasteiger partial charge is 0.494 e. The molecule has 0 radical (unpaired) electrons. The van der Waals surface area contributed by atoms with Gasteiger partial charge in [0.25, 0.3) is 0 Å². The Morgan fingerprint density at radius 3 is 2.12 bits per heavy atom. The molecule has 0 saturated carbocycles. The Hall–Kier alpha value is -2.46. The zero-order chi connectivity index (χ0) is 18.2. The smallest absolute Gasteiger partial charge is 0.119 e. The lowest BCUT2D eigenvalue weighted by molar-refractivity contribution is 0.340. The molecule has 2 aromatic rings. The highest BCUT2D eigenvalue weighted by atomic mass is 16.5. The van der Waals surface area contributed by atoms with Crippen molar-refractivity contribution in [2.45, 2.75) is 46.0 Å². The topological polar surface area (TPSA) is 9.23 Å². The zero-order valence-corrected chi connectivity index (χ0v) is 15.9. The van der Waals surface area contributed by atoms with Gasteiger partial charge in [-0.3, -0.25) is 0 Å². The van der Waals surface area contributed by atoms with E-state index < -0.39 is 0 Å². The van der Waals surface area contributed by atoms with Crippen molar-refractivity contribution in [3.63, 3.8) is 0 Å². The van der Waals surface area contributed by atoms with Crippen LogP contribution >= 0.6 is 0 Å².